The number of rotatable bonds is 3. The lowest BCUT2D eigenvalue weighted by atomic mass is 10.1. The van der Waals surface area contributed by atoms with Crippen LogP contribution in [0.3, 0.4) is 0 Å². The van der Waals surface area contributed by atoms with Gasteiger partial charge in [0.05, 0.1) is 7.11 Å². The third-order valence-electron chi connectivity index (χ3n) is 1.76. The van der Waals surface area contributed by atoms with Gasteiger partial charge in [0.25, 0.3) is 6.43 Å². The first-order valence-corrected chi connectivity index (χ1v) is 4.49. The van der Waals surface area contributed by atoms with Gasteiger partial charge in [-0.1, -0.05) is 0 Å². The molecule has 0 aliphatic rings. The van der Waals surface area contributed by atoms with Crippen LogP contribution in [0.25, 0.3) is 0 Å². The molecule has 0 N–H and O–H groups in total. The van der Waals surface area contributed by atoms with Crippen molar-refractivity contribution in [2.45, 2.75) is 12.3 Å². The molecule has 0 aliphatic carbocycles. The average molecular weight is 233 g/mol. The molecular weight excluding hydrogens is 226 g/mol. The highest BCUT2D eigenvalue weighted by atomic mass is 35.5. The van der Waals surface area contributed by atoms with Crippen LogP contribution in [0.15, 0.2) is 6.07 Å². The Balaban J connectivity index is 3.36. The van der Waals surface area contributed by atoms with E-state index in [-0.39, 0.29) is 22.9 Å². The Morgan fingerprint density at radius 3 is 2.73 bits per heavy atom. The number of alkyl halides is 3. The van der Waals surface area contributed by atoms with Crippen LogP contribution >= 0.6 is 11.6 Å². The molecule has 0 unspecified atom stereocenters. The summed E-state index contributed by atoms with van der Waals surface area (Å²) in [5.41, 5.74) is -0.206. The largest absolute Gasteiger partial charge is 0.480 e. The highest BCUT2D eigenvalue weighted by Gasteiger charge is 2.18. The Bertz CT molecular complexity index is 404. The number of methoxy groups -OCH3 is 1. The summed E-state index contributed by atoms with van der Waals surface area (Å²) in [7, 11) is 1.26. The van der Waals surface area contributed by atoms with Gasteiger partial charge in [0.1, 0.15) is 17.3 Å². The molecule has 1 aromatic rings. The number of ether oxygens (including phenoxy) is 1. The molecule has 15 heavy (non-hydrogen) atoms. The predicted molar refractivity (Wildman–Crippen MR) is 50.0 cm³/mol. The number of nitrogens with zero attached hydrogens (tertiary/aromatic N) is 2. The second-order valence-corrected chi connectivity index (χ2v) is 2.90. The summed E-state index contributed by atoms with van der Waals surface area (Å²) < 4.78 is 29.7. The molecule has 0 saturated carbocycles. The van der Waals surface area contributed by atoms with Crippen molar-refractivity contribution in [2.75, 3.05) is 7.11 Å². The van der Waals surface area contributed by atoms with Gasteiger partial charge in [0.2, 0.25) is 5.88 Å². The molecule has 1 heterocycles. The Labute approximate surface area is 90.3 Å². The molecule has 0 atom stereocenters. The van der Waals surface area contributed by atoms with Crippen molar-refractivity contribution in [1.82, 2.24) is 4.98 Å². The minimum absolute atomic E-state index is 0.0950. The quantitative estimate of drug-likeness (QED) is 0.753. The predicted octanol–water partition coefficient (Wildman–Crippen LogP) is 2.64. The molecule has 3 nitrogen and oxygen atoms in total. The molecule has 0 amide bonds. The van der Waals surface area contributed by atoms with Gasteiger partial charge in [0, 0.05) is 5.88 Å². The highest BCUT2D eigenvalue weighted by Crippen LogP contribution is 2.27. The van der Waals surface area contributed by atoms with Crippen LogP contribution in [0.2, 0.25) is 0 Å². The van der Waals surface area contributed by atoms with E-state index in [4.69, 9.17) is 21.6 Å². The van der Waals surface area contributed by atoms with Gasteiger partial charge in [-0.05, 0) is 11.6 Å². The molecule has 0 bridgehead atoms. The number of halogens is 3. The Morgan fingerprint density at radius 2 is 2.33 bits per heavy atom. The smallest absolute Gasteiger partial charge is 0.280 e. The Kier molecular flexibility index (Phi) is 3.81. The van der Waals surface area contributed by atoms with Gasteiger partial charge in [-0.3, -0.25) is 0 Å². The van der Waals surface area contributed by atoms with Crippen molar-refractivity contribution in [1.29, 1.82) is 5.26 Å². The fourth-order valence-corrected chi connectivity index (χ4v) is 1.30. The maximum Gasteiger partial charge on any atom is 0.280 e. The zero-order chi connectivity index (χ0) is 11.4. The lowest BCUT2D eigenvalue weighted by Gasteiger charge is -2.08. The van der Waals surface area contributed by atoms with Crippen LogP contribution in [0.1, 0.15) is 23.2 Å². The number of aromatic nitrogens is 1. The van der Waals surface area contributed by atoms with E-state index in [0.717, 1.165) is 0 Å². The number of hydrogen-bond acceptors (Lipinski definition) is 3. The molecule has 0 fully saturated rings. The van der Waals surface area contributed by atoms with E-state index in [1.165, 1.54) is 13.2 Å². The third kappa shape index (κ3) is 2.34. The standard InChI is InChI=1S/C9H7ClF2N2O/c1-15-9-6(4-13)2-5(3-10)7(14-9)8(11)12/h2,8H,3H2,1H3. The van der Waals surface area contributed by atoms with Crippen molar-refractivity contribution in [3.63, 3.8) is 0 Å². The van der Waals surface area contributed by atoms with Gasteiger partial charge in [0.15, 0.2) is 0 Å². The van der Waals surface area contributed by atoms with Gasteiger partial charge in [-0.2, -0.15) is 5.26 Å². The molecular formula is C9H7ClF2N2O. The van der Waals surface area contributed by atoms with E-state index in [0.29, 0.717) is 0 Å². The molecule has 0 radical (unpaired) electrons. The molecule has 0 aliphatic heterocycles. The molecule has 80 valence electrons. The van der Waals surface area contributed by atoms with Crippen molar-refractivity contribution >= 4 is 11.6 Å². The van der Waals surface area contributed by atoms with E-state index in [1.54, 1.807) is 6.07 Å². The average Bonchev–Trinajstić information content (AvgIpc) is 2.26. The summed E-state index contributed by atoms with van der Waals surface area (Å²) in [6.07, 6.45) is -2.74. The fourth-order valence-electron chi connectivity index (χ4n) is 1.08. The minimum atomic E-state index is -2.74. The molecule has 0 aromatic carbocycles. The normalized spacial score (nSPS) is 10.1. The maximum absolute atomic E-state index is 12.5. The van der Waals surface area contributed by atoms with E-state index >= 15 is 0 Å². The van der Waals surface area contributed by atoms with Crippen molar-refractivity contribution < 1.29 is 13.5 Å². The first kappa shape index (κ1) is 11.7. The van der Waals surface area contributed by atoms with Crippen LogP contribution < -0.4 is 4.74 Å². The van der Waals surface area contributed by atoms with Crippen LogP contribution in [-0.2, 0) is 5.88 Å². The molecule has 1 rings (SSSR count). The zero-order valence-corrected chi connectivity index (χ0v) is 8.55. The van der Waals surface area contributed by atoms with Crippen LogP contribution in [0.5, 0.6) is 5.88 Å². The number of nitriles is 1. The topological polar surface area (TPSA) is 45.9 Å². The zero-order valence-electron chi connectivity index (χ0n) is 7.80. The summed E-state index contributed by atoms with van der Waals surface area (Å²) in [6.45, 7) is 0. The van der Waals surface area contributed by atoms with Crippen LogP contribution in [-0.4, -0.2) is 12.1 Å². The first-order valence-electron chi connectivity index (χ1n) is 3.96. The van der Waals surface area contributed by atoms with Crippen LogP contribution in [0.4, 0.5) is 8.78 Å². The van der Waals surface area contributed by atoms with E-state index in [1.807, 2.05) is 0 Å². The fraction of sp³-hybridized carbons (Fsp3) is 0.333. The molecule has 6 heteroatoms. The van der Waals surface area contributed by atoms with Gasteiger partial charge < -0.3 is 4.74 Å². The molecule has 0 saturated heterocycles. The number of hydrogen-bond donors (Lipinski definition) is 0. The lowest BCUT2D eigenvalue weighted by molar-refractivity contribution is 0.144. The Morgan fingerprint density at radius 1 is 1.67 bits per heavy atom. The van der Waals surface area contributed by atoms with Crippen molar-refractivity contribution in [3.8, 4) is 11.9 Å². The third-order valence-corrected chi connectivity index (χ3v) is 2.05. The Hall–Kier alpha value is -1.41. The van der Waals surface area contributed by atoms with E-state index in [2.05, 4.69) is 4.98 Å². The van der Waals surface area contributed by atoms with Gasteiger partial charge >= 0.3 is 0 Å². The summed E-state index contributed by atoms with van der Waals surface area (Å²) in [5, 5.41) is 8.70. The summed E-state index contributed by atoms with van der Waals surface area (Å²) in [5.74, 6) is -0.229. The van der Waals surface area contributed by atoms with Crippen molar-refractivity contribution in [3.05, 3.63) is 22.9 Å². The highest BCUT2D eigenvalue weighted by molar-refractivity contribution is 6.17. The SMILES string of the molecule is COc1nc(C(F)F)c(CCl)cc1C#N. The monoisotopic (exact) mass is 232 g/mol. The lowest BCUT2D eigenvalue weighted by Crippen LogP contribution is -2.02. The summed E-state index contributed by atoms with van der Waals surface area (Å²) >= 11 is 5.48. The van der Waals surface area contributed by atoms with Gasteiger partial charge in [-0.15, -0.1) is 11.6 Å². The summed E-state index contributed by atoms with van der Waals surface area (Å²) in [4.78, 5) is 3.55. The number of pyridine rings is 1. The van der Waals surface area contributed by atoms with Crippen molar-refractivity contribution in [2.24, 2.45) is 0 Å². The maximum atomic E-state index is 12.5. The van der Waals surface area contributed by atoms with E-state index in [9.17, 15) is 8.78 Å². The molecule has 0 spiro atoms. The van der Waals surface area contributed by atoms with E-state index < -0.39 is 12.1 Å². The second kappa shape index (κ2) is 4.89. The van der Waals surface area contributed by atoms with Gasteiger partial charge in [-0.25, -0.2) is 13.8 Å². The minimum Gasteiger partial charge on any atom is -0.480 e. The van der Waals surface area contributed by atoms with Crippen LogP contribution in [0, 0.1) is 11.3 Å². The summed E-state index contributed by atoms with van der Waals surface area (Å²) in [6, 6.07) is 3.06. The first-order chi connectivity index (χ1) is 7.13. The molecule has 1 aromatic heterocycles. The second-order valence-electron chi connectivity index (χ2n) is 2.64.